The number of carbonyl (C=O) groups is 1. The molecule has 1 aromatic carbocycles. The Bertz CT molecular complexity index is 969. The summed E-state index contributed by atoms with van der Waals surface area (Å²) >= 11 is 1.42. The first-order chi connectivity index (χ1) is 14.2. The largest absolute Gasteiger partial charge is 0.495 e. The van der Waals surface area contributed by atoms with Gasteiger partial charge in [-0.25, -0.2) is 0 Å². The van der Waals surface area contributed by atoms with Gasteiger partial charge in [0.15, 0.2) is 0 Å². The van der Waals surface area contributed by atoms with Crippen molar-refractivity contribution in [3.05, 3.63) is 59.6 Å². The zero-order valence-electron chi connectivity index (χ0n) is 16.5. The summed E-state index contributed by atoms with van der Waals surface area (Å²) in [7, 11) is 3.62. The van der Waals surface area contributed by atoms with Gasteiger partial charge >= 0.3 is 0 Å². The van der Waals surface area contributed by atoms with E-state index in [1.807, 2.05) is 43.4 Å². The van der Waals surface area contributed by atoms with Gasteiger partial charge in [0.1, 0.15) is 5.75 Å². The Morgan fingerprint density at radius 3 is 2.66 bits per heavy atom. The van der Waals surface area contributed by atoms with E-state index < -0.39 is 0 Å². The molecule has 0 saturated carbocycles. The lowest BCUT2D eigenvalue weighted by atomic mass is 10.2. The minimum atomic E-state index is -0.112. The molecule has 0 spiro atoms. The van der Waals surface area contributed by atoms with E-state index in [2.05, 4.69) is 32.7 Å². The number of anilines is 2. The normalized spacial score (nSPS) is 16.1. The first-order valence-electron chi connectivity index (χ1n) is 9.60. The van der Waals surface area contributed by atoms with E-state index in [0.29, 0.717) is 16.7 Å². The first kappa shape index (κ1) is 19.4. The Labute approximate surface area is 174 Å². The van der Waals surface area contributed by atoms with Crippen molar-refractivity contribution in [3.63, 3.8) is 0 Å². The van der Waals surface area contributed by atoms with Crippen molar-refractivity contribution in [2.24, 2.45) is 0 Å². The number of thiophene rings is 1. The van der Waals surface area contributed by atoms with E-state index in [1.165, 1.54) is 17.0 Å². The quantitative estimate of drug-likeness (QED) is 0.648. The zero-order valence-corrected chi connectivity index (χ0v) is 17.3. The molecule has 0 bridgehead atoms. The van der Waals surface area contributed by atoms with Crippen LogP contribution < -0.4 is 20.3 Å². The maximum atomic E-state index is 12.6. The highest BCUT2D eigenvalue weighted by atomic mass is 32.1. The Morgan fingerprint density at radius 2 is 2.00 bits per heavy atom. The number of methoxy groups -OCH3 is 1. The van der Waals surface area contributed by atoms with Crippen LogP contribution in [0.3, 0.4) is 0 Å². The molecular weight excluding hydrogens is 384 g/mol. The second-order valence-corrected chi connectivity index (χ2v) is 8.05. The van der Waals surface area contributed by atoms with E-state index in [-0.39, 0.29) is 5.91 Å². The first-order valence-corrected chi connectivity index (χ1v) is 10.4. The molecule has 2 aromatic heterocycles. The molecule has 1 aliphatic heterocycles. The molecule has 0 radical (unpaired) electrons. The van der Waals surface area contributed by atoms with Crippen LogP contribution in [0, 0.1) is 0 Å². The maximum absolute atomic E-state index is 12.6. The summed E-state index contributed by atoms with van der Waals surface area (Å²) in [5.74, 6) is 0.598. The molecular formula is C22H24N4O2S. The monoisotopic (exact) mass is 408 g/mol. The van der Waals surface area contributed by atoms with Gasteiger partial charge in [0, 0.05) is 30.5 Å². The lowest BCUT2D eigenvalue weighted by Crippen LogP contribution is -2.29. The lowest BCUT2D eigenvalue weighted by Gasteiger charge is -2.19. The van der Waals surface area contributed by atoms with Crippen molar-refractivity contribution < 1.29 is 9.53 Å². The van der Waals surface area contributed by atoms with Crippen molar-refractivity contribution in [1.82, 2.24) is 10.3 Å². The fourth-order valence-electron chi connectivity index (χ4n) is 3.42. The Hall–Kier alpha value is -2.90. The van der Waals surface area contributed by atoms with Gasteiger partial charge in [0.2, 0.25) is 0 Å². The van der Waals surface area contributed by atoms with Crippen molar-refractivity contribution >= 4 is 28.6 Å². The molecule has 1 atom stereocenters. The van der Waals surface area contributed by atoms with Gasteiger partial charge < -0.3 is 20.3 Å². The number of hydrogen-bond donors (Lipinski definition) is 2. The zero-order chi connectivity index (χ0) is 20.2. The van der Waals surface area contributed by atoms with E-state index in [0.717, 1.165) is 35.8 Å². The maximum Gasteiger partial charge on any atom is 0.265 e. The molecule has 1 saturated heterocycles. The number of nitrogens with zero attached hydrogens (tertiary/aromatic N) is 2. The highest BCUT2D eigenvalue weighted by Crippen LogP contribution is 2.28. The third kappa shape index (κ3) is 4.41. The molecule has 7 heteroatoms. The minimum Gasteiger partial charge on any atom is -0.495 e. The fourth-order valence-corrected chi connectivity index (χ4v) is 4.30. The van der Waals surface area contributed by atoms with E-state index >= 15 is 0 Å². The predicted octanol–water partition coefficient (Wildman–Crippen LogP) is 3.87. The molecule has 0 aliphatic carbocycles. The van der Waals surface area contributed by atoms with E-state index in [1.54, 1.807) is 13.3 Å². The molecule has 1 amide bonds. The minimum absolute atomic E-state index is 0.112. The van der Waals surface area contributed by atoms with Gasteiger partial charge in [0.05, 0.1) is 28.8 Å². The van der Waals surface area contributed by atoms with E-state index in [4.69, 9.17) is 4.74 Å². The van der Waals surface area contributed by atoms with Crippen LogP contribution in [0.2, 0.25) is 0 Å². The molecule has 3 heterocycles. The highest BCUT2D eigenvalue weighted by Gasteiger charge is 2.21. The van der Waals surface area contributed by atoms with Crippen molar-refractivity contribution in [1.29, 1.82) is 0 Å². The smallest absolute Gasteiger partial charge is 0.265 e. The average molecular weight is 409 g/mol. The van der Waals surface area contributed by atoms with Crippen molar-refractivity contribution in [2.45, 2.75) is 12.5 Å². The molecule has 1 fully saturated rings. The number of hydrogen-bond acceptors (Lipinski definition) is 6. The molecule has 29 heavy (non-hydrogen) atoms. The van der Waals surface area contributed by atoms with Crippen LogP contribution in [0.1, 0.15) is 16.1 Å². The molecule has 4 rings (SSSR count). The Kier molecular flexibility index (Phi) is 5.78. The van der Waals surface area contributed by atoms with Crippen LogP contribution in [0.4, 0.5) is 11.4 Å². The van der Waals surface area contributed by atoms with Crippen LogP contribution in [0.15, 0.2) is 54.7 Å². The second kappa shape index (κ2) is 8.63. The van der Waals surface area contributed by atoms with Crippen LogP contribution in [0.25, 0.3) is 10.6 Å². The summed E-state index contributed by atoms with van der Waals surface area (Å²) in [4.78, 5) is 21.0. The third-order valence-electron chi connectivity index (χ3n) is 5.14. The van der Waals surface area contributed by atoms with Crippen LogP contribution in [-0.4, -0.2) is 44.2 Å². The summed E-state index contributed by atoms with van der Waals surface area (Å²) in [5.41, 5.74) is 2.80. The fraction of sp³-hybridized carbons (Fsp3) is 0.273. The van der Waals surface area contributed by atoms with Gasteiger partial charge in [0.25, 0.3) is 5.91 Å². The number of carbonyl (C=O) groups excluding carboxylic acids is 1. The topological polar surface area (TPSA) is 66.5 Å². The molecule has 2 N–H and O–H groups in total. The molecule has 1 unspecified atom stereocenters. The SMILES string of the molecule is CNC1CCN(c2ccc(NC(=O)c3ccc(-c4ccc(OC)cn4)s3)cc2)C1. The van der Waals surface area contributed by atoms with Gasteiger partial charge in [-0.3, -0.25) is 9.78 Å². The summed E-state index contributed by atoms with van der Waals surface area (Å²) in [6.45, 7) is 2.06. The Balaban J connectivity index is 1.40. The third-order valence-corrected chi connectivity index (χ3v) is 6.25. The number of aromatic nitrogens is 1. The number of nitrogens with one attached hydrogen (secondary N) is 2. The number of amides is 1. The van der Waals surface area contributed by atoms with Crippen molar-refractivity contribution in [3.8, 4) is 16.3 Å². The van der Waals surface area contributed by atoms with Gasteiger partial charge in [-0.15, -0.1) is 11.3 Å². The van der Waals surface area contributed by atoms with E-state index in [9.17, 15) is 4.79 Å². The van der Waals surface area contributed by atoms with Crippen LogP contribution in [-0.2, 0) is 0 Å². The highest BCUT2D eigenvalue weighted by molar-refractivity contribution is 7.17. The number of benzene rings is 1. The van der Waals surface area contributed by atoms with Gasteiger partial charge in [-0.05, 0) is 62.0 Å². The van der Waals surface area contributed by atoms with Gasteiger partial charge in [-0.1, -0.05) is 0 Å². The summed E-state index contributed by atoms with van der Waals surface area (Å²) in [6.07, 6.45) is 2.83. The van der Waals surface area contributed by atoms with Gasteiger partial charge in [-0.2, -0.15) is 0 Å². The second-order valence-electron chi connectivity index (χ2n) is 6.97. The van der Waals surface area contributed by atoms with Crippen LogP contribution in [0.5, 0.6) is 5.75 Å². The number of likely N-dealkylation sites (N-methyl/N-ethyl adjacent to an activating group) is 1. The average Bonchev–Trinajstić information content (AvgIpc) is 3.44. The lowest BCUT2D eigenvalue weighted by molar-refractivity contribution is 0.103. The number of ether oxygens (including phenoxy) is 1. The molecule has 3 aromatic rings. The summed E-state index contributed by atoms with van der Waals surface area (Å²) < 4.78 is 5.14. The molecule has 6 nitrogen and oxygen atoms in total. The predicted molar refractivity (Wildman–Crippen MR) is 118 cm³/mol. The van der Waals surface area contributed by atoms with Crippen LogP contribution >= 0.6 is 11.3 Å². The number of rotatable bonds is 6. The summed E-state index contributed by atoms with van der Waals surface area (Å²) in [6, 6.07) is 16.1. The molecule has 150 valence electrons. The van der Waals surface area contributed by atoms with Crippen molar-refractivity contribution in [2.75, 3.05) is 37.5 Å². The Morgan fingerprint density at radius 1 is 1.17 bits per heavy atom. The standard InChI is InChI=1S/C22H24N4O2S/c1-23-16-11-12-26(14-16)17-5-3-15(4-6-17)25-22(27)21-10-9-20(29-21)19-8-7-18(28-2)13-24-19/h3-10,13,16,23H,11-12,14H2,1-2H3,(H,25,27). The number of pyridine rings is 1. The molecule has 1 aliphatic rings. The summed E-state index contributed by atoms with van der Waals surface area (Å²) in [5, 5.41) is 6.31.